The zero-order valence-electron chi connectivity index (χ0n) is 11.5. The lowest BCUT2D eigenvalue weighted by atomic mass is 10.0. The first-order valence-electron chi connectivity index (χ1n) is 6.37. The van der Waals surface area contributed by atoms with Gasteiger partial charge < -0.3 is 10.0 Å². The van der Waals surface area contributed by atoms with Crippen molar-refractivity contribution < 1.29 is 9.50 Å². The van der Waals surface area contributed by atoms with Gasteiger partial charge in [0.1, 0.15) is 5.82 Å². The first kappa shape index (κ1) is 14.8. The van der Waals surface area contributed by atoms with Gasteiger partial charge in [-0.3, -0.25) is 0 Å². The number of aliphatic hydroxyl groups is 1. The molecule has 1 unspecified atom stereocenters. The van der Waals surface area contributed by atoms with Crippen molar-refractivity contribution in [1.82, 2.24) is 0 Å². The number of halogens is 2. The van der Waals surface area contributed by atoms with E-state index in [-0.39, 0.29) is 12.2 Å². The topological polar surface area (TPSA) is 23.5 Å². The highest BCUT2D eigenvalue weighted by atomic mass is 35.5. The Kier molecular flexibility index (Phi) is 4.63. The van der Waals surface area contributed by atoms with Crippen molar-refractivity contribution in [2.45, 2.75) is 12.5 Å². The molecule has 0 saturated heterocycles. The van der Waals surface area contributed by atoms with E-state index in [1.54, 1.807) is 12.1 Å². The molecule has 0 spiro atoms. The molecule has 4 heteroatoms. The van der Waals surface area contributed by atoms with E-state index in [4.69, 9.17) is 11.6 Å². The highest BCUT2D eigenvalue weighted by molar-refractivity contribution is 6.31. The largest absolute Gasteiger partial charge is 0.388 e. The van der Waals surface area contributed by atoms with Crippen molar-refractivity contribution in [3.05, 3.63) is 64.4 Å². The second kappa shape index (κ2) is 6.25. The van der Waals surface area contributed by atoms with Gasteiger partial charge in [-0.25, -0.2) is 4.39 Å². The first-order chi connectivity index (χ1) is 9.49. The van der Waals surface area contributed by atoms with E-state index in [1.165, 1.54) is 6.07 Å². The summed E-state index contributed by atoms with van der Waals surface area (Å²) in [5, 5.41) is 10.6. The molecule has 0 amide bonds. The molecule has 2 aromatic carbocycles. The summed E-state index contributed by atoms with van der Waals surface area (Å²) in [6, 6.07) is 12.1. The van der Waals surface area contributed by atoms with E-state index >= 15 is 0 Å². The van der Waals surface area contributed by atoms with Gasteiger partial charge >= 0.3 is 0 Å². The Balaban J connectivity index is 2.24. The lowest BCUT2D eigenvalue weighted by Gasteiger charge is -2.17. The van der Waals surface area contributed by atoms with Crippen LogP contribution in [0.25, 0.3) is 0 Å². The van der Waals surface area contributed by atoms with E-state index in [0.717, 1.165) is 11.3 Å². The van der Waals surface area contributed by atoms with E-state index in [9.17, 15) is 9.50 Å². The zero-order chi connectivity index (χ0) is 14.7. The van der Waals surface area contributed by atoms with Gasteiger partial charge in [-0.1, -0.05) is 29.8 Å². The Morgan fingerprint density at radius 1 is 1.20 bits per heavy atom. The summed E-state index contributed by atoms with van der Waals surface area (Å²) in [6.07, 6.45) is -0.633. The van der Waals surface area contributed by atoms with Crippen molar-refractivity contribution in [2.75, 3.05) is 19.0 Å². The van der Waals surface area contributed by atoms with E-state index in [0.29, 0.717) is 10.6 Å². The summed E-state index contributed by atoms with van der Waals surface area (Å²) in [7, 11) is 3.86. The predicted octanol–water partition coefficient (Wildman–Crippen LogP) is 3.82. The van der Waals surface area contributed by atoms with Crippen molar-refractivity contribution in [2.24, 2.45) is 0 Å². The lowest BCUT2D eigenvalue weighted by molar-refractivity contribution is 0.177. The number of benzene rings is 2. The van der Waals surface area contributed by atoms with E-state index in [2.05, 4.69) is 0 Å². The van der Waals surface area contributed by atoms with E-state index < -0.39 is 6.10 Å². The van der Waals surface area contributed by atoms with Gasteiger partial charge in [-0.2, -0.15) is 0 Å². The fraction of sp³-hybridized carbons (Fsp3) is 0.250. The highest BCUT2D eigenvalue weighted by Gasteiger charge is 2.15. The average molecular weight is 294 g/mol. The Morgan fingerprint density at radius 3 is 2.55 bits per heavy atom. The van der Waals surface area contributed by atoms with Crippen LogP contribution in [0.4, 0.5) is 10.1 Å². The van der Waals surface area contributed by atoms with Crippen LogP contribution in [0.2, 0.25) is 5.02 Å². The van der Waals surface area contributed by atoms with Gasteiger partial charge in [0.15, 0.2) is 0 Å². The maximum absolute atomic E-state index is 13.7. The number of hydrogen-bond donors (Lipinski definition) is 1. The van der Waals surface area contributed by atoms with Gasteiger partial charge in [-0.15, -0.1) is 0 Å². The number of hydrogen-bond acceptors (Lipinski definition) is 2. The molecule has 106 valence electrons. The third kappa shape index (κ3) is 3.30. The monoisotopic (exact) mass is 293 g/mol. The molecule has 1 N–H and O–H groups in total. The maximum Gasteiger partial charge on any atom is 0.127 e. The molecule has 2 nitrogen and oxygen atoms in total. The van der Waals surface area contributed by atoms with Crippen LogP contribution in [0.3, 0.4) is 0 Å². The third-order valence-corrected chi connectivity index (χ3v) is 3.58. The number of rotatable bonds is 4. The van der Waals surface area contributed by atoms with Gasteiger partial charge in [0.2, 0.25) is 0 Å². The number of nitrogens with zero attached hydrogens (tertiary/aromatic N) is 1. The van der Waals surface area contributed by atoms with Crippen molar-refractivity contribution in [1.29, 1.82) is 0 Å². The molecule has 0 aromatic heterocycles. The highest BCUT2D eigenvalue weighted by Crippen LogP contribution is 2.27. The molecule has 0 saturated carbocycles. The molecule has 2 rings (SSSR count). The standard InChI is InChI=1S/C16H17ClFNO/c1-19(2)12-6-3-5-11(9-12)16(20)10-13-14(17)7-4-8-15(13)18/h3-9,16,20H,10H2,1-2H3. The second-order valence-corrected chi connectivity index (χ2v) is 5.32. The predicted molar refractivity (Wildman–Crippen MR) is 80.8 cm³/mol. The Morgan fingerprint density at radius 2 is 1.90 bits per heavy atom. The molecule has 0 aliphatic carbocycles. The smallest absolute Gasteiger partial charge is 0.127 e. The molecule has 0 radical (unpaired) electrons. The molecule has 0 aliphatic rings. The van der Waals surface area contributed by atoms with Crippen LogP contribution in [0, 0.1) is 5.82 Å². The molecule has 0 aliphatic heterocycles. The van der Waals surface area contributed by atoms with Gasteiger partial charge in [0, 0.05) is 36.8 Å². The van der Waals surface area contributed by atoms with Gasteiger partial charge in [0.25, 0.3) is 0 Å². The minimum Gasteiger partial charge on any atom is -0.388 e. The molecule has 20 heavy (non-hydrogen) atoms. The minimum atomic E-state index is -0.788. The average Bonchev–Trinajstić information content (AvgIpc) is 2.43. The van der Waals surface area contributed by atoms with Crippen molar-refractivity contribution >= 4 is 17.3 Å². The molecule has 1 atom stereocenters. The van der Waals surface area contributed by atoms with Crippen LogP contribution in [-0.2, 0) is 6.42 Å². The van der Waals surface area contributed by atoms with Crippen LogP contribution in [0.1, 0.15) is 17.2 Å². The fourth-order valence-electron chi connectivity index (χ4n) is 2.05. The van der Waals surface area contributed by atoms with Crippen LogP contribution >= 0.6 is 11.6 Å². The lowest BCUT2D eigenvalue weighted by Crippen LogP contribution is -2.10. The number of anilines is 1. The quantitative estimate of drug-likeness (QED) is 0.926. The summed E-state index contributed by atoms with van der Waals surface area (Å²) in [5.41, 5.74) is 2.08. The summed E-state index contributed by atoms with van der Waals surface area (Å²) in [6.45, 7) is 0. The zero-order valence-corrected chi connectivity index (χ0v) is 12.2. The Bertz CT molecular complexity index is 581. The second-order valence-electron chi connectivity index (χ2n) is 4.91. The summed E-state index contributed by atoms with van der Waals surface area (Å²) < 4.78 is 13.7. The molecular weight excluding hydrogens is 277 g/mol. The van der Waals surface area contributed by atoms with Gasteiger partial charge in [-0.05, 0) is 29.8 Å². The Hall–Kier alpha value is -1.58. The van der Waals surface area contributed by atoms with Crippen LogP contribution in [0.15, 0.2) is 42.5 Å². The maximum atomic E-state index is 13.7. The summed E-state index contributed by atoms with van der Waals surface area (Å²) in [5.74, 6) is -0.389. The molecule has 0 fully saturated rings. The van der Waals surface area contributed by atoms with Crippen LogP contribution in [0.5, 0.6) is 0 Å². The van der Waals surface area contributed by atoms with Crippen LogP contribution in [-0.4, -0.2) is 19.2 Å². The molecule has 2 aromatic rings. The van der Waals surface area contributed by atoms with Crippen molar-refractivity contribution in [3.63, 3.8) is 0 Å². The molecule has 0 bridgehead atoms. The SMILES string of the molecule is CN(C)c1cccc(C(O)Cc2c(F)cccc2Cl)c1. The number of aliphatic hydroxyl groups excluding tert-OH is 1. The fourth-order valence-corrected chi connectivity index (χ4v) is 2.29. The summed E-state index contributed by atoms with van der Waals surface area (Å²) in [4.78, 5) is 1.95. The third-order valence-electron chi connectivity index (χ3n) is 3.23. The van der Waals surface area contributed by atoms with E-state index in [1.807, 2.05) is 43.3 Å². The normalized spacial score (nSPS) is 12.2. The molecule has 0 heterocycles. The minimum absolute atomic E-state index is 0.155. The molecular formula is C16H17ClFNO. The van der Waals surface area contributed by atoms with Gasteiger partial charge in [0.05, 0.1) is 6.10 Å². The summed E-state index contributed by atoms with van der Waals surface area (Å²) >= 11 is 5.98. The van der Waals surface area contributed by atoms with Crippen molar-refractivity contribution in [3.8, 4) is 0 Å². The van der Waals surface area contributed by atoms with Crippen LogP contribution < -0.4 is 4.90 Å². The Labute approximate surface area is 123 Å². The first-order valence-corrected chi connectivity index (χ1v) is 6.75.